The Morgan fingerprint density at radius 3 is 2.19 bits per heavy atom. The Bertz CT molecular complexity index is 786. The molecule has 0 saturated carbocycles. The Kier molecular flexibility index (Phi) is 8.58. The molecule has 27 heavy (non-hydrogen) atoms. The Hall–Kier alpha value is -2.77. The molecule has 0 radical (unpaired) electrons. The molecule has 146 valence electrons. The highest BCUT2D eigenvalue weighted by Crippen LogP contribution is 2.30. The molecule has 0 aliphatic rings. The van der Waals surface area contributed by atoms with Crippen molar-refractivity contribution in [1.82, 2.24) is 5.32 Å². The third kappa shape index (κ3) is 5.35. The van der Waals surface area contributed by atoms with Crippen LogP contribution < -0.4 is 25.8 Å². The van der Waals surface area contributed by atoms with Crippen molar-refractivity contribution < 1.29 is 19.1 Å². The van der Waals surface area contributed by atoms with Crippen molar-refractivity contribution in [3.8, 4) is 11.5 Å². The largest absolute Gasteiger partial charge is 0.496 e. The van der Waals surface area contributed by atoms with Gasteiger partial charge in [0.1, 0.15) is 11.5 Å². The van der Waals surface area contributed by atoms with Gasteiger partial charge in [-0.3, -0.25) is 9.59 Å². The number of benzene rings is 2. The van der Waals surface area contributed by atoms with Crippen LogP contribution in [0, 0.1) is 6.92 Å². The first-order valence-electron chi connectivity index (χ1n) is 8.13. The second kappa shape index (κ2) is 10.4. The molecule has 0 bridgehead atoms. The fraction of sp³-hybridized carbons (Fsp3) is 0.263. The minimum Gasteiger partial charge on any atom is -0.496 e. The minimum atomic E-state index is -0.374. The lowest BCUT2D eigenvalue weighted by Gasteiger charge is -2.14. The van der Waals surface area contributed by atoms with Crippen LogP contribution in [-0.4, -0.2) is 39.1 Å². The van der Waals surface area contributed by atoms with Crippen LogP contribution in [0.25, 0.3) is 0 Å². The Balaban J connectivity index is 0.00000364. The molecule has 0 atom stereocenters. The maximum atomic E-state index is 12.7. The van der Waals surface area contributed by atoms with Gasteiger partial charge in [-0.25, -0.2) is 0 Å². The first-order chi connectivity index (χ1) is 12.5. The zero-order chi connectivity index (χ0) is 19.1. The van der Waals surface area contributed by atoms with Crippen molar-refractivity contribution in [2.24, 2.45) is 5.73 Å². The van der Waals surface area contributed by atoms with E-state index in [1.54, 1.807) is 36.4 Å². The van der Waals surface area contributed by atoms with Crippen LogP contribution in [0.5, 0.6) is 11.5 Å². The van der Waals surface area contributed by atoms with Crippen LogP contribution in [0.4, 0.5) is 5.69 Å². The first-order valence-corrected chi connectivity index (χ1v) is 8.13. The van der Waals surface area contributed by atoms with Gasteiger partial charge in [0, 0.05) is 24.2 Å². The van der Waals surface area contributed by atoms with Crippen molar-refractivity contribution in [1.29, 1.82) is 0 Å². The molecule has 0 unspecified atom stereocenters. The topological polar surface area (TPSA) is 103 Å². The number of ether oxygens (including phenoxy) is 2. The van der Waals surface area contributed by atoms with Gasteiger partial charge < -0.3 is 25.8 Å². The van der Waals surface area contributed by atoms with Crippen LogP contribution in [0.2, 0.25) is 0 Å². The standard InChI is InChI=1S/C19H23N3O4.ClH/c1-12-16(25-2)10-13(11-17(12)26-3)18(23)22-15-7-5-4-6-14(15)19(24)21-9-8-20;/h4-7,10-11H,8-9,20H2,1-3H3,(H,21,24)(H,22,23);1H. The van der Waals surface area contributed by atoms with E-state index in [4.69, 9.17) is 15.2 Å². The normalized spacial score (nSPS) is 9.78. The lowest BCUT2D eigenvalue weighted by Crippen LogP contribution is -2.30. The van der Waals surface area contributed by atoms with E-state index in [0.29, 0.717) is 41.4 Å². The summed E-state index contributed by atoms with van der Waals surface area (Å²) in [5.74, 6) is 0.415. The molecule has 2 aromatic rings. The van der Waals surface area contributed by atoms with Gasteiger partial charge in [0.2, 0.25) is 0 Å². The summed E-state index contributed by atoms with van der Waals surface area (Å²) < 4.78 is 10.6. The molecule has 7 nitrogen and oxygen atoms in total. The van der Waals surface area contributed by atoms with Crippen molar-refractivity contribution in [3.05, 3.63) is 53.1 Å². The van der Waals surface area contributed by atoms with E-state index < -0.39 is 0 Å². The summed E-state index contributed by atoms with van der Waals surface area (Å²) in [6.07, 6.45) is 0. The third-order valence-corrected chi connectivity index (χ3v) is 3.86. The number of para-hydroxylation sites is 1. The summed E-state index contributed by atoms with van der Waals surface area (Å²) in [5.41, 5.74) is 7.34. The molecule has 0 aromatic heterocycles. The monoisotopic (exact) mass is 393 g/mol. The van der Waals surface area contributed by atoms with Crippen LogP contribution >= 0.6 is 12.4 Å². The molecule has 0 aliphatic carbocycles. The Labute approximate surface area is 164 Å². The minimum absolute atomic E-state index is 0. The van der Waals surface area contributed by atoms with E-state index in [-0.39, 0.29) is 24.2 Å². The smallest absolute Gasteiger partial charge is 0.255 e. The number of carbonyl (C=O) groups excluding carboxylic acids is 2. The van der Waals surface area contributed by atoms with E-state index in [0.717, 1.165) is 5.56 Å². The summed E-state index contributed by atoms with van der Waals surface area (Å²) in [5, 5.41) is 5.45. The summed E-state index contributed by atoms with van der Waals surface area (Å²) in [4.78, 5) is 24.9. The lowest BCUT2D eigenvalue weighted by atomic mass is 10.1. The van der Waals surface area contributed by atoms with E-state index in [9.17, 15) is 9.59 Å². The summed E-state index contributed by atoms with van der Waals surface area (Å²) in [7, 11) is 3.06. The second-order valence-electron chi connectivity index (χ2n) is 5.55. The molecule has 2 amide bonds. The van der Waals surface area contributed by atoms with E-state index >= 15 is 0 Å². The SMILES string of the molecule is COc1cc(C(=O)Nc2ccccc2C(=O)NCCN)cc(OC)c1C.Cl. The van der Waals surface area contributed by atoms with Gasteiger partial charge in [-0.15, -0.1) is 12.4 Å². The zero-order valence-corrected chi connectivity index (χ0v) is 16.3. The number of hydrogen-bond acceptors (Lipinski definition) is 5. The molecule has 4 N–H and O–H groups in total. The summed E-state index contributed by atoms with van der Waals surface area (Å²) >= 11 is 0. The van der Waals surface area contributed by atoms with Gasteiger partial charge in [-0.2, -0.15) is 0 Å². The van der Waals surface area contributed by atoms with Crippen molar-refractivity contribution in [3.63, 3.8) is 0 Å². The van der Waals surface area contributed by atoms with E-state index in [1.807, 2.05) is 6.92 Å². The maximum absolute atomic E-state index is 12.7. The first kappa shape index (κ1) is 22.3. The number of amides is 2. The molecule has 0 spiro atoms. The number of halogens is 1. The van der Waals surface area contributed by atoms with Gasteiger partial charge in [-0.1, -0.05) is 12.1 Å². The second-order valence-corrected chi connectivity index (χ2v) is 5.55. The fourth-order valence-electron chi connectivity index (χ4n) is 2.48. The average molecular weight is 394 g/mol. The Morgan fingerprint density at radius 2 is 1.63 bits per heavy atom. The molecule has 0 heterocycles. The molecule has 0 aliphatic heterocycles. The van der Waals surface area contributed by atoms with E-state index in [2.05, 4.69) is 10.6 Å². The van der Waals surface area contributed by atoms with Gasteiger partial charge in [-0.05, 0) is 31.2 Å². The molecule has 2 rings (SSSR count). The number of hydrogen-bond donors (Lipinski definition) is 3. The molecular formula is C19H24ClN3O4. The number of anilines is 1. The van der Waals surface area contributed by atoms with Gasteiger partial charge in [0.25, 0.3) is 11.8 Å². The van der Waals surface area contributed by atoms with Crippen molar-refractivity contribution in [2.45, 2.75) is 6.92 Å². The highest BCUT2D eigenvalue weighted by molar-refractivity contribution is 6.09. The van der Waals surface area contributed by atoms with Crippen molar-refractivity contribution in [2.75, 3.05) is 32.6 Å². The predicted molar refractivity (Wildman–Crippen MR) is 107 cm³/mol. The lowest BCUT2D eigenvalue weighted by molar-refractivity contribution is 0.0955. The van der Waals surface area contributed by atoms with Crippen molar-refractivity contribution >= 4 is 29.9 Å². The highest BCUT2D eigenvalue weighted by Gasteiger charge is 2.16. The van der Waals surface area contributed by atoms with Crippen LogP contribution in [-0.2, 0) is 0 Å². The van der Waals surface area contributed by atoms with Crippen LogP contribution in [0.3, 0.4) is 0 Å². The van der Waals surface area contributed by atoms with Crippen LogP contribution in [0.1, 0.15) is 26.3 Å². The highest BCUT2D eigenvalue weighted by atomic mass is 35.5. The van der Waals surface area contributed by atoms with Gasteiger partial charge in [0.15, 0.2) is 0 Å². The fourth-order valence-corrected chi connectivity index (χ4v) is 2.48. The molecule has 2 aromatic carbocycles. The number of rotatable bonds is 7. The number of methoxy groups -OCH3 is 2. The average Bonchev–Trinajstić information content (AvgIpc) is 2.66. The summed E-state index contributed by atoms with van der Waals surface area (Å²) in [6.45, 7) is 2.53. The number of nitrogens with one attached hydrogen (secondary N) is 2. The van der Waals surface area contributed by atoms with Gasteiger partial charge >= 0.3 is 0 Å². The van der Waals surface area contributed by atoms with Gasteiger partial charge in [0.05, 0.1) is 25.5 Å². The quantitative estimate of drug-likeness (QED) is 0.670. The maximum Gasteiger partial charge on any atom is 0.255 e. The third-order valence-electron chi connectivity index (χ3n) is 3.86. The van der Waals surface area contributed by atoms with Crippen LogP contribution in [0.15, 0.2) is 36.4 Å². The predicted octanol–water partition coefficient (Wildman–Crippen LogP) is 2.37. The molecule has 0 saturated heterocycles. The Morgan fingerprint density at radius 1 is 1.04 bits per heavy atom. The molecule has 8 heteroatoms. The molecule has 0 fully saturated rings. The number of carbonyl (C=O) groups is 2. The zero-order valence-electron chi connectivity index (χ0n) is 15.5. The van der Waals surface area contributed by atoms with E-state index in [1.165, 1.54) is 14.2 Å². The molecular weight excluding hydrogens is 370 g/mol. The summed E-state index contributed by atoms with van der Waals surface area (Å²) in [6, 6.07) is 10.0. The number of nitrogens with two attached hydrogens (primary N) is 1.